The summed E-state index contributed by atoms with van der Waals surface area (Å²) in [5.74, 6) is 1.70. The Balaban J connectivity index is 1.75. The number of aliphatic hydroxyl groups is 1. The molecule has 27 heavy (non-hydrogen) atoms. The van der Waals surface area contributed by atoms with Crippen molar-refractivity contribution in [2.45, 2.75) is 105 Å². The van der Waals surface area contributed by atoms with Crippen molar-refractivity contribution < 1.29 is 9.84 Å². The molecule has 4 aliphatic rings. The molecule has 154 valence electrons. The molecule has 2 nitrogen and oxygen atoms in total. The minimum atomic E-state index is -0.170. The van der Waals surface area contributed by atoms with E-state index in [9.17, 15) is 5.11 Å². The Kier molecular flexibility index (Phi) is 4.68. The highest BCUT2D eigenvalue weighted by molar-refractivity contribution is 5.16. The molecule has 0 aromatic rings. The van der Waals surface area contributed by atoms with Gasteiger partial charge in [0.05, 0.1) is 18.3 Å². The van der Waals surface area contributed by atoms with E-state index in [1.54, 1.807) is 0 Å². The highest BCUT2D eigenvalue weighted by atomic mass is 16.5. The van der Waals surface area contributed by atoms with Crippen molar-refractivity contribution in [3.05, 3.63) is 11.6 Å². The van der Waals surface area contributed by atoms with Gasteiger partial charge in [-0.3, -0.25) is 0 Å². The number of hydrogen-bond donors (Lipinski definition) is 1. The summed E-state index contributed by atoms with van der Waals surface area (Å²) < 4.78 is 6.55. The molecule has 0 spiro atoms. The Morgan fingerprint density at radius 2 is 1.70 bits per heavy atom. The topological polar surface area (TPSA) is 29.5 Å². The standard InChI is InChI=1S/C25H42O2/c1-17-8-9-20-24(5)16-18(26)21-22(2,3)12-7-13-23(21,4)19(24)10-14-25(20,6)27-15-11-17/h11,18-21,26H,7-10,12-16H2,1-6H3. The molecule has 2 heteroatoms. The molecule has 3 saturated carbocycles. The van der Waals surface area contributed by atoms with Gasteiger partial charge in [0, 0.05) is 0 Å². The van der Waals surface area contributed by atoms with E-state index < -0.39 is 0 Å². The van der Waals surface area contributed by atoms with E-state index in [1.807, 2.05) is 0 Å². The van der Waals surface area contributed by atoms with Crippen LogP contribution in [0.15, 0.2) is 11.6 Å². The maximum absolute atomic E-state index is 11.5. The first-order valence-corrected chi connectivity index (χ1v) is 11.5. The predicted octanol–water partition coefficient (Wildman–Crippen LogP) is 6.13. The summed E-state index contributed by atoms with van der Waals surface area (Å²) in [4.78, 5) is 0. The summed E-state index contributed by atoms with van der Waals surface area (Å²) in [6, 6.07) is 0. The normalized spacial score (nSPS) is 52.5. The fourth-order valence-corrected chi connectivity index (χ4v) is 8.95. The number of hydrogen-bond acceptors (Lipinski definition) is 2. The molecule has 0 saturated heterocycles. The van der Waals surface area contributed by atoms with E-state index in [2.05, 4.69) is 47.6 Å². The fraction of sp³-hybridized carbons (Fsp3) is 0.920. The average molecular weight is 375 g/mol. The number of allylic oxidation sites excluding steroid dienone is 1. The van der Waals surface area contributed by atoms with Crippen LogP contribution in [0.3, 0.4) is 0 Å². The van der Waals surface area contributed by atoms with Crippen LogP contribution in [0.1, 0.15) is 92.9 Å². The summed E-state index contributed by atoms with van der Waals surface area (Å²) in [6.45, 7) is 15.3. The Morgan fingerprint density at radius 1 is 0.963 bits per heavy atom. The van der Waals surface area contributed by atoms with Gasteiger partial charge in [-0.1, -0.05) is 45.8 Å². The van der Waals surface area contributed by atoms with Crippen molar-refractivity contribution in [3.63, 3.8) is 0 Å². The maximum Gasteiger partial charge on any atom is 0.0692 e. The third-order valence-corrected chi connectivity index (χ3v) is 9.85. The summed E-state index contributed by atoms with van der Waals surface area (Å²) >= 11 is 0. The van der Waals surface area contributed by atoms with Crippen LogP contribution >= 0.6 is 0 Å². The fourth-order valence-electron chi connectivity index (χ4n) is 8.95. The van der Waals surface area contributed by atoms with Gasteiger partial charge in [0.1, 0.15) is 0 Å². The molecule has 7 unspecified atom stereocenters. The van der Waals surface area contributed by atoms with Crippen LogP contribution in [-0.2, 0) is 4.74 Å². The smallest absolute Gasteiger partial charge is 0.0692 e. The Labute approximate surface area is 167 Å². The first kappa shape index (κ1) is 20.0. The van der Waals surface area contributed by atoms with Crippen molar-refractivity contribution in [2.24, 2.45) is 34.0 Å². The molecule has 0 aromatic carbocycles. The highest BCUT2D eigenvalue weighted by Crippen LogP contribution is 2.70. The molecule has 1 N–H and O–H groups in total. The maximum atomic E-state index is 11.5. The minimum Gasteiger partial charge on any atom is -0.393 e. The van der Waals surface area contributed by atoms with Gasteiger partial charge >= 0.3 is 0 Å². The van der Waals surface area contributed by atoms with E-state index in [0.717, 1.165) is 13.0 Å². The van der Waals surface area contributed by atoms with Gasteiger partial charge in [-0.05, 0) is 92.8 Å². The first-order chi connectivity index (χ1) is 12.5. The molecule has 3 aliphatic carbocycles. The third kappa shape index (κ3) is 2.88. The lowest BCUT2D eigenvalue weighted by Crippen LogP contribution is -2.66. The molecule has 0 bridgehead atoms. The third-order valence-electron chi connectivity index (χ3n) is 9.85. The van der Waals surface area contributed by atoms with Crippen LogP contribution < -0.4 is 0 Å². The van der Waals surface area contributed by atoms with Crippen LogP contribution in [-0.4, -0.2) is 23.4 Å². The van der Waals surface area contributed by atoms with E-state index in [-0.39, 0.29) is 27.9 Å². The van der Waals surface area contributed by atoms with Gasteiger partial charge in [-0.25, -0.2) is 0 Å². The lowest BCUT2D eigenvalue weighted by molar-refractivity contribution is -0.250. The second-order valence-electron chi connectivity index (χ2n) is 12.0. The molecule has 0 radical (unpaired) electrons. The zero-order valence-electron chi connectivity index (χ0n) is 18.6. The Bertz CT molecular complexity index is 622. The van der Waals surface area contributed by atoms with E-state index >= 15 is 0 Å². The van der Waals surface area contributed by atoms with Crippen molar-refractivity contribution in [2.75, 3.05) is 6.61 Å². The van der Waals surface area contributed by atoms with E-state index in [1.165, 1.54) is 50.5 Å². The minimum absolute atomic E-state index is 0.0322. The van der Waals surface area contributed by atoms with Gasteiger partial charge in [-0.2, -0.15) is 0 Å². The van der Waals surface area contributed by atoms with Gasteiger partial charge in [-0.15, -0.1) is 0 Å². The molecular weight excluding hydrogens is 332 g/mol. The molecule has 4 rings (SSSR count). The Morgan fingerprint density at radius 3 is 2.44 bits per heavy atom. The first-order valence-electron chi connectivity index (χ1n) is 11.5. The molecule has 0 amide bonds. The number of rotatable bonds is 0. The molecular formula is C25H42O2. The van der Waals surface area contributed by atoms with E-state index in [4.69, 9.17) is 4.74 Å². The predicted molar refractivity (Wildman–Crippen MR) is 112 cm³/mol. The average Bonchev–Trinajstić information content (AvgIpc) is 2.50. The molecule has 0 aromatic heterocycles. The highest BCUT2D eigenvalue weighted by Gasteiger charge is 2.66. The summed E-state index contributed by atoms with van der Waals surface area (Å²) in [5.41, 5.74) is 2.15. The van der Waals surface area contributed by atoms with Crippen LogP contribution in [0.4, 0.5) is 0 Å². The number of fused-ring (bicyclic) bond motifs is 5. The van der Waals surface area contributed by atoms with Crippen molar-refractivity contribution >= 4 is 0 Å². The molecule has 3 fully saturated rings. The lowest BCUT2D eigenvalue weighted by Gasteiger charge is -2.69. The lowest BCUT2D eigenvalue weighted by atomic mass is 9.37. The zero-order chi connectivity index (χ0) is 19.7. The van der Waals surface area contributed by atoms with Crippen LogP contribution in [0.5, 0.6) is 0 Å². The Hall–Kier alpha value is -0.340. The number of ether oxygens (including phenoxy) is 1. The molecule has 7 atom stereocenters. The van der Waals surface area contributed by atoms with Gasteiger partial charge < -0.3 is 9.84 Å². The van der Waals surface area contributed by atoms with Crippen molar-refractivity contribution in [1.29, 1.82) is 0 Å². The molecule has 1 heterocycles. The summed E-state index contributed by atoms with van der Waals surface area (Å²) in [5, 5.41) is 11.5. The monoisotopic (exact) mass is 374 g/mol. The SMILES string of the molecule is CC1=CCOC2(C)CCC3C4(C)CCCC(C)(C)C4C(O)CC3(C)C2CC1. The van der Waals surface area contributed by atoms with Crippen LogP contribution in [0.25, 0.3) is 0 Å². The van der Waals surface area contributed by atoms with Crippen LogP contribution in [0, 0.1) is 34.0 Å². The second-order valence-corrected chi connectivity index (χ2v) is 12.0. The second kappa shape index (κ2) is 6.33. The van der Waals surface area contributed by atoms with Crippen molar-refractivity contribution in [3.8, 4) is 0 Å². The summed E-state index contributed by atoms with van der Waals surface area (Å²) in [6.07, 6.45) is 11.8. The van der Waals surface area contributed by atoms with Crippen LogP contribution in [0.2, 0.25) is 0 Å². The molecule has 1 aliphatic heterocycles. The van der Waals surface area contributed by atoms with Gasteiger partial charge in [0.25, 0.3) is 0 Å². The largest absolute Gasteiger partial charge is 0.393 e. The van der Waals surface area contributed by atoms with Gasteiger partial charge in [0.2, 0.25) is 0 Å². The zero-order valence-corrected chi connectivity index (χ0v) is 18.6. The quantitative estimate of drug-likeness (QED) is 0.517. The number of aliphatic hydroxyl groups excluding tert-OH is 1. The summed E-state index contributed by atoms with van der Waals surface area (Å²) in [7, 11) is 0. The van der Waals surface area contributed by atoms with Gasteiger partial charge in [0.15, 0.2) is 0 Å². The van der Waals surface area contributed by atoms with Crippen molar-refractivity contribution in [1.82, 2.24) is 0 Å². The van der Waals surface area contributed by atoms with E-state index in [0.29, 0.717) is 17.8 Å².